The van der Waals surface area contributed by atoms with Crippen molar-refractivity contribution in [2.45, 2.75) is 37.6 Å². The van der Waals surface area contributed by atoms with Crippen LogP contribution in [0.2, 0.25) is 0 Å². The Morgan fingerprint density at radius 3 is 2.21 bits per heavy atom. The zero-order valence-corrected chi connectivity index (χ0v) is 25.4. The van der Waals surface area contributed by atoms with Gasteiger partial charge < -0.3 is 14.6 Å². The number of rotatable bonds is 15. The molecule has 13 nitrogen and oxygen atoms in total. The molecule has 2 atom stereocenters. The molecule has 4 aromatic rings. The Hall–Kier alpha value is -6.00. The molecule has 4 aromatic carbocycles. The number of nitrogens with zero attached hydrogens (tertiary/aromatic N) is 7. The molecule has 0 spiro atoms. The summed E-state index contributed by atoms with van der Waals surface area (Å²) < 4.78 is 12.3. The SMILES string of the molecule is [N-]=[N+]=NCc1ccccc1C[C@]1(C(=O)NNc2ccccc2)N=C(c2ccc(OCCCO)cc2)O[C@H]1c1ccccc1CN=[N+]=[N-]. The Kier molecular flexibility index (Phi) is 10.9. The van der Waals surface area contributed by atoms with E-state index >= 15 is 0 Å². The van der Waals surface area contributed by atoms with Gasteiger partial charge in [-0.05, 0) is 69.7 Å². The average Bonchev–Trinajstić information content (AvgIpc) is 3.50. The highest BCUT2D eigenvalue weighted by Crippen LogP contribution is 2.44. The summed E-state index contributed by atoms with van der Waals surface area (Å²) in [6.07, 6.45) is -0.364. The number of hydrogen-bond donors (Lipinski definition) is 3. The van der Waals surface area contributed by atoms with Gasteiger partial charge in [0.15, 0.2) is 11.6 Å². The van der Waals surface area contributed by atoms with Crippen LogP contribution in [0.1, 0.15) is 40.3 Å². The van der Waals surface area contributed by atoms with Crippen LogP contribution in [0.5, 0.6) is 5.75 Å². The van der Waals surface area contributed by atoms with Gasteiger partial charge in [-0.15, -0.1) is 0 Å². The largest absolute Gasteiger partial charge is 0.494 e. The molecular weight excluding hydrogens is 598 g/mol. The number of nitrogens with one attached hydrogen (secondary N) is 2. The maximum atomic E-state index is 14.6. The molecule has 0 bridgehead atoms. The molecule has 3 N–H and O–H groups in total. The van der Waals surface area contributed by atoms with Crippen LogP contribution in [0.4, 0.5) is 5.69 Å². The number of aliphatic hydroxyl groups is 1. The van der Waals surface area contributed by atoms with Crippen molar-refractivity contribution in [3.63, 3.8) is 0 Å². The lowest BCUT2D eigenvalue weighted by atomic mass is 9.80. The normalized spacial score (nSPS) is 16.5. The van der Waals surface area contributed by atoms with E-state index in [2.05, 4.69) is 30.9 Å². The Labute approximate surface area is 271 Å². The number of carbonyl (C=O) groups is 1. The first-order valence-electron chi connectivity index (χ1n) is 15.0. The van der Waals surface area contributed by atoms with E-state index in [1.165, 1.54) is 0 Å². The van der Waals surface area contributed by atoms with Gasteiger partial charge in [0.2, 0.25) is 5.90 Å². The molecular formula is C34H33N9O4. The van der Waals surface area contributed by atoms with Crippen LogP contribution in [0.3, 0.4) is 0 Å². The molecule has 1 aliphatic rings. The fraction of sp³-hybridized carbons (Fsp3) is 0.235. The topological polar surface area (TPSA) is 190 Å². The third-order valence-electron chi connectivity index (χ3n) is 7.65. The molecule has 0 aromatic heterocycles. The molecule has 238 valence electrons. The van der Waals surface area contributed by atoms with Crippen molar-refractivity contribution in [2.75, 3.05) is 18.6 Å². The molecule has 47 heavy (non-hydrogen) atoms. The standard InChI is InChI=1S/C34H33N9O4/c35-42-37-22-26-10-5-4-9-25(26)21-34(33(45)41-40-28-12-2-1-3-13-28)31(30-14-7-6-11-27(30)23-38-43-36)47-32(39-34)24-15-17-29(18-16-24)46-20-8-19-44/h1-7,9-18,31,40,44H,8,19-23H2,(H,41,45)/t31-,34-/m0/s1. The Bertz CT molecular complexity index is 1800. The summed E-state index contributed by atoms with van der Waals surface area (Å²) in [6, 6.07) is 31.1. The molecule has 13 heteroatoms. The van der Waals surface area contributed by atoms with Crippen molar-refractivity contribution < 1.29 is 19.4 Å². The van der Waals surface area contributed by atoms with Crippen LogP contribution in [-0.2, 0) is 29.0 Å². The van der Waals surface area contributed by atoms with E-state index in [1.807, 2.05) is 78.9 Å². The molecule has 0 radical (unpaired) electrons. The van der Waals surface area contributed by atoms with Crippen molar-refractivity contribution in [1.29, 1.82) is 0 Å². The number of aliphatic imine (C=N–C) groups is 1. The Morgan fingerprint density at radius 1 is 0.872 bits per heavy atom. The summed E-state index contributed by atoms with van der Waals surface area (Å²) in [6.45, 7) is 0.514. The van der Waals surface area contributed by atoms with E-state index in [0.29, 0.717) is 41.2 Å². The van der Waals surface area contributed by atoms with Gasteiger partial charge >= 0.3 is 0 Å². The minimum Gasteiger partial charge on any atom is -0.494 e. The van der Waals surface area contributed by atoms with Crippen molar-refractivity contribution >= 4 is 17.5 Å². The molecule has 0 aliphatic carbocycles. The lowest BCUT2D eigenvalue weighted by molar-refractivity contribution is -0.128. The van der Waals surface area contributed by atoms with Gasteiger partial charge in [-0.1, -0.05) is 77.0 Å². The highest BCUT2D eigenvalue weighted by molar-refractivity contribution is 6.01. The number of amides is 1. The lowest BCUT2D eigenvalue weighted by Crippen LogP contribution is -2.51. The van der Waals surface area contributed by atoms with Crippen LogP contribution in [0.25, 0.3) is 20.9 Å². The summed E-state index contributed by atoms with van der Waals surface area (Å²) >= 11 is 0. The minimum absolute atomic E-state index is 0.0283. The highest BCUT2D eigenvalue weighted by atomic mass is 16.5. The summed E-state index contributed by atoms with van der Waals surface area (Å²) in [4.78, 5) is 25.5. The van der Waals surface area contributed by atoms with Gasteiger partial charge in [-0.3, -0.25) is 15.6 Å². The number of hydrogen-bond acceptors (Lipinski definition) is 8. The van der Waals surface area contributed by atoms with Gasteiger partial charge in [0.25, 0.3) is 5.91 Å². The molecule has 1 aliphatic heterocycles. The predicted molar refractivity (Wildman–Crippen MR) is 177 cm³/mol. The van der Waals surface area contributed by atoms with E-state index in [-0.39, 0.29) is 32.0 Å². The van der Waals surface area contributed by atoms with Crippen molar-refractivity contribution in [1.82, 2.24) is 5.43 Å². The second-order valence-corrected chi connectivity index (χ2v) is 10.7. The number of ether oxygens (including phenoxy) is 2. The van der Waals surface area contributed by atoms with Gasteiger partial charge in [-0.2, -0.15) is 0 Å². The fourth-order valence-corrected chi connectivity index (χ4v) is 5.34. The summed E-state index contributed by atoms with van der Waals surface area (Å²) in [5, 5.41) is 16.6. The second kappa shape index (κ2) is 15.8. The zero-order valence-electron chi connectivity index (χ0n) is 25.4. The van der Waals surface area contributed by atoms with Gasteiger partial charge in [0.1, 0.15) is 5.75 Å². The van der Waals surface area contributed by atoms with Gasteiger partial charge in [0, 0.05) is 34.8 Å². The Morgan fingerprint density at radius 2 is 1.51 bits per heavy atom. The molecule has 1 heterocycles. The lowest BCUT2D eigenvalue weighted by Gasteiger charge is -2.32. The van der Waals surface area contributed by atoms with Crippen LogP contribution < -0.4 is 15.6 Å². The smallest absolute Gasteiger partial charge is 0.270 e. The van der Waals surface area contributed by atoms with Crippen LogP contribution in [0.15, 0.2) is 118 Å². The predicted octanol–water partition coefficient (Wildman–Crippen LogP) is 6.71. The summed E-state index contributed by atoms with van der Waals surface area (Å²) in [7, 11) is 0. The van der Waals surface area contributed by atoms with E-state index in [9.17, 15) is 4.79 Å². The summed E-state index contributed by atoms with van der Waals surface area (Å²) in [5.41, 5.74) is 26.5. The summed E-state index contributed by atoms with van der Waals surface area (Å²) in [5.74, 6) is 0.375. The van der Waals surface area contributed by atoms with E-state index in [4.69, 9.17) is 30.6 Å². The maximum Gasteiger partial charge on any atom is 0.270 e. The van der Waals surface area contributed by atoms with Gasteiger partial charge in [-0.25, -0.2) is 4.99 Å². The first-order valence-corrected chi connectivity index (χ1v) is 15.0. The molecule has 5 rings (SSSR count). The number of azide groups is 2. The molecule has 0 unspecified atom stereocenters. The van der Waals surface area contributed by atoms with Gasteiger partial charge in [0.05, 0.1) is 25.4 Å². The molecule has 0 saturated heterocycles. The molecule has 1 amide bonds. The van der Waals surface area contributed by atoms with Crippen LogP contribution >= 0.6 is 0 Å². The van der Waals surface area contributed by atoms with Crippen molar-refractivity contribution in [2.24, 2.45) is 15.2 Å². The molecule has 0 saturated carbocycles. The highest BCUT2D eigenvalue weighted by Gasteiger charge is 2.54. The molecule has 0 fully saturated rings. The van der Waals surface area contributed by atoms with Crippen LogP contribution in [-0.4, -0.2) is 35.7 Å². The third kappa shape index (κ3) is 7.81. The number of benzene rings is 4. The number of hydrazine groups is 1. The minimum atomic E-state index is -1.58. The number of anilines is 1. The van der Waals surface area contributed by atoms with E-state index in [1.54, 1.807) is 24.3 Å². The van der Waals surface area contributed by atoms with E-state index < -0.39 is 17.6 Å². The maximum absolute atomic E-state index is 14.6. The zero-order chi connectivity index (χ0) is 32.9. The van der Waals surface area contributed by atoms with Crippen molar-refractivity contribution in [3.05, 3.63) is 152 Å². The second-order valence-electron chi connectivity index (χ2n) is 10.7. The average molecular weight is 632 g/mol. The number of aliphatic hydroxyl groups excluding tert-OH is 1. The number of carbonyl (C=O) groups excluding carboxylic acids is 1. The first kappa shape index (κ1) is 32.4. The first-order chi connectivity index (χ1) is 23.1. The quantitative estimate of drug-likeness (QED) is 0.0431. The monoisotopic (exact) mass is 631 g/mol. The third-order valence-corrected chi connectivity index (χ3v) is 7.65. The Balaban J connectivity index is 1.64. The fourth-order valence-electron chi connectivity index (χ4n) is 5.34. The van der Waals surface area contributed by atoms with Crippen LogP contribution in [0, 0.1) is 0 Å². The van der Waals surface area contributed by atoms with E-state index in [0.717, 1.165) is 11.1 Å². The van der Waals surface area contributed by atoms with Crippen molar-refractivity contribution in [3.8, 4) is 5.75 Å². The number of para-hydroxylation sites is 1.